The summed E-state index contributed by atoms with van der Waals surface area (Å²) in [6.07, 6.45) is 1.62. The summed E-state index contributed by atoms with van der Waals surface area (Å²) in [7, 11) is 0. The van der Waals surface area contributed by atoms with Crippen LogP contribution in [-0.2, 0) is 0 Å². The summed E-state index contributed by atoms with van der Waals surface area (Å²) in [5, 5.41) is 7.17. The minimum atomic E-state index is -0.463. The van der Waals surface area contributed by atoms with Crippen molar-refractivity contribution >= 4 is 29.5 Å². The number of hydrogen-bond acceptors (Lipinski definition) is 3. The fourth-order valence-corrected chi connectivity index (χ4v) is 3.23. The molecule has 2 aromatic carbocycles. The van der Waals surface area contributed by atoms with Crippen LogP contribution < -0.4 is 15.5 Å². The van der Waals surface area contributed by atoms with Crippen LogP contribution in [0.2, 0.25) is 5.02 Å². The number of para-hydroxylation sites is 1. The van der Waals surface area contributed by atoms with Crippen LogP contribution in [0.4, 0.5) is 10.5 Å². The van der Waals surface area contributed by atoms with Crippen molar-refractivity contribution in [2.45, 2.75) is 20.8 Å². The normalized spacial score (nSPS) is 10.9. The first-order valence-electron chi connectivity index (χ1n) is 9.26. The van der Waals surface area contributed by atoms with E-state index in [1.54, 1.807) is 30.5 Å². The van der Waals surface area contributed by atoms with E-state index in [1.165, 1.54) is 0 Å². The average molecular weight is 411 g/mol. The summed E-state index contributed by atoms with van der Waals surface area (Å²) in [6, 6.07) is 16.5. The summed E-state index contributed by atoms with van der Waals surface area (Å²) in [6.45, 7) is 6.63. The molecule has 0 saturated carbocycles. The highest BCUT2D eigenvalue weighted by Crippen LogP contribution is 2.22. The number of anilines is 1. The fraction of sp³-hybridized carbons (Fsp3) is 0.182. The third-order valence-electron chi connectivity index (χ3n) is 4.37. The molecule has 1 heterocycles. The van der Waals surface area contributed by atoms with Crippen molar-refractivity contribution in [2.75, 3.05) is 11.9 Å². The number of halogens is 1. The molecule has 150 valence electrons. The Kier molecular flexibility index (Phi) is 6.57. The number of urea groups is 1. The molecule has 29 heavy (non-hydrogen) atoms. The molecule has 0 atom stereocenters. The molecule has 3 aromatic rings. The molecule has 0 fully saturated rings. The van der Waals surface area contributed by atoms with Crippen LogP contribution in [-0.4, -0.2) is 23.4 Å². The van der Waals surface area contributed by atoms with Gasteiger partial charge >= 0.3 is 6.03 Å². The Morgan fingerprint density at radius 1 is 1.17 bits per heavy atom. The molecule has 2 N–H and O–H groups in total. The molecule has 7 heteroatoms. The minimum Gasteiger partial charge on any atom is -0.494 e. The van der Waals surface area contributed by atoms with Crippen LogP contribution in [0.3, 0.4) is 0 Å². The molecule has 1 aromatic heterocycles. The average Bonchev–Trinajstić information content (AvgIpc) is 2.98. The van der Waals surface area contributed by atoms with Crippen LogP contribution in [0, 0.1) is 13.8 Å². The standard InChI is InChI=1S/C22H23ClN4O2/c1-4-29-19-11-9-18(10-12-19)27-15(2)13-17(16(27)3)14-24-26-22(28)25-21-8-6-5-7-20(21)23/h5-14H,4H2,1-3H3,(H2,25,26,28)/b24-14+. The molecule has 0 saturated heterocycles. The first kappa shape index (κ1) is 20.5. The molecule has 0 aliphatic heterocycles. The Bertz CT molecular complexity index is 1030. The van der Waals surface area contributed by atoms with Gasteiger partial charge in [-0.1, -0.05) is 23.7 Å². The van der Waals surface area contributed by atoms with Gasteiger partial charge in [0.15, 0.2) is 0 Å². The number of amides is 2. The molecule has 0 aliphatic rings. The first-order chi connectivity index (χ1) is 14.0. The number of hydrogen-bond donors (Lipinski definition) is 2. The summed E-state index contributed by atoms with van der Waals surface area (Å²) < 4.78 is 7.63. The van der Waals surface area contributed by atoms with E-state index in [0.29, 0.717) is 17.3 Å². The van der Waals surface area contributed by atoms with Gasteiger partial charge in [0, 0.05) is 22.6 Å². The maximum atomic E-state index is 12.0. The fourth-order valence-electron chi connectivity index (χ4n) is 3.05. The van der Waals surface area contributed by atoms with Crippen molar-refractivity contribution in [3.8, 4) is 11.4 Å². The molecule has 0 radical (unpaired) electrons. The van der Waals surface area contributed by atoms with Crippen molar-refractivity contribution in [2.24, 2.45) is 5.10 Å². The Labute approximate surface area is 175 Å². The van der Waals surface area contributed by atoms with Crippen molar-refractivity contribution < 1.29 is 9.53 Å². The van der Waals surface area contributed by atoms with E-state index in [-0.39, 0.29) is 0 Å². The largest absolute Gasteiger partial charge is 0.494 e. The van der Waals surface area contributed by atoms with Gasteiger partial charge in [-0.2, -0.15) is 5.10 Å². The lowest BCUT2D eigenvalue weighted by atomic mass is 10.2. The zero-order chi connectivity index (χ0) is 20.8. The summed E-state index contributed by atoms with van der Waals surface area (Å²) in [5.41, 5.74) is 7.01. The molecular weight excluding hydrogens is 388 g/mol. The molecule has 0 spiro atoms. The minimum absolute atomic E-state index is 0.463. The number of ether oxygens (including phenoxy) is 1. The quantitative estimate of drug-likeness (QED) is 0.427. The van der Waals surface area contributed by atoms with Gasteiger partial charge in [0.05, 0.1) is 23.5 Å². The first-order valence-corrected chi connectivity index (χ1v) is 9.64. The van der Waals surface area contributed by atoms with E-state index in [4.69, 9.17) is 16.3 Å². The van der Waals surface area contributed by atoms with E-state index < -0.39 is 6.03 Å². The smallest absolute Gasteiger partial charge is 0.339 e. The maximum absolute atomic E-state index is 12.0. The zero-order valence-electron chi connectivity index (χ0n) is 16.6. The predicted octanol–water partition coefficient (Wildman–Crippen LogP) is 5.30. The highest BCUT2D eigenvalue weighted by molar-refractivity contribution is 6.33. The van der Waals surface area contributed by atoms with Crippen molar-refractivity contribution in [1.29, 1.82) is 0 Å². The number of nitrogens with zero attached hydrogens (tertiary/aromatic N) is 2. The van der Waals surface area contributed by atoms with E-state index in [1.807, 2.05) is 51.1 Å². The zero-order valence-corrected chi connectivity index (χ0v) is 17.3. The lowest BCUT2D eigenvalue weighted by molar-refractivity contribution is 0.252. The Balaban J connectivity index is 1.69. The van der Waals surface area contributed by atoms with Crippen LogP contribution in [0.1, 0.15) is 23.9 Å². The molecule has 0 unspecified atom stereocenters. The molecule has 0 bridgehead atoms. The number of aromatic nitrogens is 1. The number of hydrazone groups is 1. The van der Waals surface area contributed by atoms with Gasteiger partial charge in [-0.15, -0.1) is 0 Å². The summed E-state index contributed by atoms with van der Waals surface area (Å²) in [5.74, 6) is 0.842. The second kappa shape index (κ2) is 9.30. The van der Waals surface area contributed by atoms with Crippen LogP contribution in [0.15, 0.2) is 59.7 Å². The lowest BCUT2D eigenvalue weighted by Crippen LogP contribution is -2.24. The van der Waals surface area contributed by atoms with Gasteiger partial charge in [-0.25, -0.2) is 10.2 Å². The number of carbonyl (C=O) groups is 1. The lowest BCUT2D eigenvalue weighted by Gasteiger charge is -2.11. The molecule has 2 amide bonds. The second-order valence-electron chi connectivity index (χ2n) is 6.39. The van der Waals surface area contributed by atoms with Crippen LogP contribution >= 0.6 is 11.6 Å². The number of aryl methyl sites for hydroxylation is 1. The van der Waals surface area contributed by atoms with Crippen molar-refractivity contribution in [3.63, 3.8) is 0 Å². The van der Waals surface area contributed by atoms with Crippen LogP contribution in [0.5, 0.6) is 5.75 Å². The van der Waals surface area contributed by atoms with Gasteiger partial charge < -0.3 is 14.6 Å². The van der Waals surface area contributed by atoms with Gasteiger partial charge in [0.2, 0.25) is 0 Å². The number of benzene rings is 2. The van der Waals surface area contributed by atoms with E-state index in [2.05, 4.69) is 20.4 Å². The molecule has 3 rings (SSSR count). The topological polar surface area (TPSA) is 67.6 Å². The van der Waals surface area contributed by atoms with Gasteiger partial charge in [-0.05, 0) is 63.2 Å². The van der Waals surface area contributed by atoms with Gasteiger partial charge in [0.1, 0.15) is 5.75 Å². The molecular formula is C22H23ClN4O2. The highest BCUT2D eigenvalue weighted by atomic mass is 35.5. The predicted molar refractivity (Wildman–Crippen MR) is 118 cm³/mol. The van der Waals surface area contributed by atoms with Gasteiger partial charge in [-0.3, -0.25) is 0 Å². The summed E-state index contributed by atoms with van der Waals surface area (Å²) in [4.78, 5) is 12.0. The highest BCUT2D eigenvalue weighted by Gasteiger charge is 2.10. The second-order valence-corrected chi connectivity index (χ2v) is 6.80. The van der Waals surface area contributed by atoms with E-state index in [0.717, 1.165) is 28.4 Å². The van der Waals surface area contributed by atoms with E-state index in [9.17, 15) is 4.79 Å². The van der Waals surface area contributed by atoms with E-state index >= 15 is 0 Å². The Morgan fingerprint density at radius 3 is 2.59 bits per heavy atom. The summed E-state index contributed by atoms with van der Waals surface area (Å²) >= 11 is 6.03. The van der Waals surface area contributed by atoms with Crippen molar-refractivity contribution in [3.05, 3.63) is 76.6 Å². The SMILES string of the molecule is CCOc1ccc(-n2c(C)cc(/C=N/NC(=O)Nc3ccccc3Cl)c2C)cc1. The Hall–Kier alpha value is -3.25. The van der Waals surface area contributed by atoms with Crippen molar-refractivity contribution in [1.82, 2.24) is 9.99 Å². The van der Waals surface area contributed by atoms with Crippen LogP contribution in [0.25, 0.3) is 5.69 Å². The third-order valence-corrected chi connectivity index (χ3v) is 4.70. The Morgan fingerprint density at radius 2 is 1.90 bits per heavy atom. The third kappa shape index (κ3) is 4.97. The van der Waals surface area contributed by atoms with Gasteiger partial charge in [0.25, 0.3) is 0 Å². The monoisotopic (exact) mass is 410 g/mol. The number of carbonyl (C=O) groups excluding carboxylic acids is 1. The maximum Gasteiger partial charge on any atom is 0.339 e. The molecule has 0 aliphatic carbocycles. The number of nitrogens with one attached hydrogen (secondary N) is 2. The number of rotatable bonds is 6. The molecule has 6 nitrogen and oxygen atoms in total.